The average Bonchev–Trinajstić information content (AvgIpc) is 1.64. The van der Waals surface area contributed by atoms with Crippen LogP contribution >= 0.6 is 0 Å². The van der Waals surface area contributed by atoms with Gasteiger partial charge in [0.25, 0.3) is 0 Å². The Labute approximate surface area is 58.7 Å². The summed E-state index contributed by atoms with van der Waals surface area (Å²) in [6.45, 7) is 9.08. The molecule has 0 spiro atoms. The van der Waals surface area contributed by atoms with Gasteiger partial charge in [0.15, 0.2) is 0 Å². The molecule has 0 unspecified atom stereocenters. The SMILES string of the molecule is C[C@H](CC#N)[Si](C)(C)C. The fourth-order valence-corrected chi connectivity index (χ4v) is 1.15. The summed E-state index contributed by atoms with van der Waals surface area (Å²) in [4.78, 5) is 0. The number of hydrogen-bond acceptors (Lipinski definition) is 1. The summed E-state index contributed by atoms with van der Waals surface area (Å²) in [7, 11) is -1.00. The summed E-state index contributed by atoms with van der Waals surface area (Å²) in [6.07, 6.45) is 0.732. The maximum Gasteiger partial charge on any atom is 0.0621 e. The zero-order valence-electron chi connectivity index (χ0n) is 6.73. The summed E-state index contributed by atoms with van der Waals surface area (Å²) < 4.78 is 0. The monoisotopic (exact) mass is 141 g/mol. The van der Waals surface area contributed by atoms with Gasteiger partial charge in [0, 0.05) is 14.5 Å². The van der Waals surface area contributed by atoms with Gasteiger partial charge in [-0.15, -0.1) is 0 Å². The van der Waals surface area contributed by atoms with Gasteiger partial charge in [-0.2, -0.15) is 5.26 Å². The zero-order valence-corrected chi connectivity index (χ0v) is 7.73. The van der Waals surface area contributed by atoms with E-state index in [4.69, 9.17) is 5.26 Å². The minimum atomic E-state index is -1.00. The number of nitrogens with zero attached hydrogens (tertiary/aromatic N) is 1. The van der Waals surface area contributed by atoms with Gasteiger partial charge in [-0.05, 0) is 5.54 Å². The predicted octanol–water partition coefficient (Wildman–Crippen LogP) is 2.63. The molecule has 0 N–H and O–H groups in total. The summed E-state index contributed by atoms with van der Waals surface area (Å²) in [5, 5.41) is 8.37. The van der Waals surface area contributed by atoms with Gasteiger partial charge in [-0.3, -0.25) is 0 Å². The average molecular weight is 141 g/mol. The molecular weight excluding hydrogens is 126 g/mol. The first kappa shape index (κ1) is 8.71. The van der Waals surface area contributed by atoms with Crippen LogP contribution in [-0.4, -0.2) is 8.07 Å². The van der Waals surface area contributed by atoms with Crippen LogP contribution in [0.2, 0.25) is 25.2 Å². The van der Waals surface area contributed by atoms with E-state index in [-0.39, 0.29) is 0 Å². The first-order chi connectivity index (χ1) is 3.98. The first-order valence-electron chi connectivity index (χ1n) is 3.35. The number of hydrogen-bond donors (Lipinski definition) is 0. The van der Waals surface area contributed by atoms with Crippen LogP contribution in [0.3, 0.4) is 0 Å². The lowest BCUT2D eigenvalue weighted by Crippen LogP contribution is -2.25. The van der Waals surface area contributed by atoms with Crippen LogP contribution in [0.1, 0.15) is 13.3 Å². The van der Waals surface area contributed by atoms with Gasteiger partial charge in [-0.1, -0.05) is 26.6 Å². The molecule has 52 valence electrons. The molecule has 9 heavy (non-hydrogen) atoms. The molecule has 0 aromatic rings. The quantitative estimate of drug-likeness (QED) is 0.542. The second kappa shape index (κ2) is 3.02. The Bertz CT molecular complexity index is 118. The van der Waals surface area contributed by atoms with E-state index in [1.807, 2.05) is 0 Å². The minimum Gasteiger partial charge on any atom is -0.198 e. The third-order valence-corrected chi connectivity index (χ3v) is 5.04. The molecule has 0 saturated heterocycles. The van der Waals surface area contributed by atoms with Crippen molar-refractivity contribution in [1.82, 2.24) is 0 Å². The second-order valence-electron chi connectivity index (χ2n) is 3.63. The third-order valence-electron chi connectivity index (χ3n) is 1.88. The van der Waals surface area contributed by atoms with Crippen molar-refractivity contribution in [2.75, 3.05) is 0 Å². The number of rotatable bonds is 2. The topological polar surface area (TPSA) is 23.8 Å². The van der Waals surface area contributed by atoms with Crippen molar-refractivity contribution < 1.29 is 0 Å². The maximum absolute atomic E-state index is 8.37. The second-order valence-corrected chi connectivity index (χ2v) is 9.35. The first-order valence-corrected chi connectivity index (χ1v) is 6.93. The molecular formula is C7H15NSi. The minimum absolute atomic E-state index is 0.641. The van der Waals surface area contributed by atoms with Crippen LogP contribution < -0.4 is 0 Å². The van der Waals surface area contributed by atoms with Crippen molar-refractivity contribution in [1.29, 1.82) is 5.26 Å². The zero-order chi connectivity index (χ0) is 7.49. The molecule has 0 heterocycles. The Morgan fingerprint density at radius 3 is 2.00 bits per heavy atom. The van der Waals surface area contributed by atoms with Gasteiger partial charge in [0.05, 0.1) is 6.07 Å². The molecule has 1 atom stereocenters. The Hall–Kier alpha value is -0.293. The molecule has 2 heteroatoms. The molecule has 0 fully saturated rings. The Balaban J connectivity index is 3.76. The molecule has 0 aliphatic heterocycles. The van der Waals surface area contributed by atoms with E-state index in [9.17, 15) is 0 Å². The van der Waals surface area contributed by atoms with E-state index >= 15 is 0 Å². The van der Waals surface area contributed by atoms with Crippen LogP contribution in [0.5, 0.6) is 0 Å². The molecule has 0 aliphatic carbocycles. The van der Waals surface area contributed by atoms with E-state index in [1.165, 1.54) is 0 Å². The van der Waals surface area contributed by atoms with Crippen molar-refractivity contribution >= 4 is 8.07 Å². The van der Waals surface area contributed by atoms with Crippen molar-refractivity contribution in [3.05, 3.63) is 0 Å². The Morgan fingerprint density at radius 1 is 1.44 bits per heavy atom. The van der Waals surface area contributed by atoms with Crippen LogP contribution in [0.15, 0.2) is 0 Å². The van der Waals surface area contributed by atoms with E-state index in [2.05, 4.69) is 32.6 Å². The molecule has 0 radical (unpaired) electrons. The van der Waals surface area contributed by atoms with Crippen molar-refractivity contribution in [2.24, 2.45) is 0 Å². The third kappa shape index (κ3) is 3.31. The summed E-state index contributed by atoms with van der Waals surface area (Å²) in [5.41, 5.74) is 0.641. The van der Waals surface area contributed by atoms with Crippen molar-refractivity contribution in [3.63, 3.8) is 0 Å². The van der Waals surface area contributed by atoms with Gasteiger partial charge in [-0.25, -0.2) is 0 Å². The van der Waals surface area contributed by atoms with Gasteiger partial charge in [0.2, 0.25) is 0 Å². The molecule has 0 aromatic carbocycles. The van der Waals surface area contributed by atoms with Crippen molar-refractivity contribution in [2.45, 2.75) is 38.5 Å². The van der Waals surface area contributed by atoms with Crippen LogP contribution in [0.25, 0.3) is 0 Å². The largest absolute Gasteiger partial charge is 0.198 e. The highest BCUT2D eigenvalue weighted by molar-refractivity contribution is 6.77. The molecule has 0 aromatic heterocycles. The summed E-state index contributed by atoms with van der Waals surface area (Å²) in [6, 6.07) is 2.21. The smallest absolute Gasteiger partial charge is 0.0621 e. The summed E-state index contributed by atoms with van der Waals surface area (Å²) in [5.74, 6) is 0. The Morgan fingerprint density at radius 2 is 1.89 bits per heavy atom. The fraction of sp³-hybridized carbons (Fsp3) is 0.857. The lowest BCUT2D eigenvalue weighted by molar-refractivity contribution is 0.914. The van der Waals surface area contributed by atoms with Gasteiger partial charge < -0.3 is 0 Å². The van der Waals surface area contributed by atoms with Crippen molar-refractivity contribution in [3.8, 4) is 6.07 Å². The van der Waals surface area contributed by atoms with E-state index < -0.39 is 8.07 Å². The molecule has 1 nitrogen and oxygen atoms in total. The lowest BCUT2D eigenvalue weighted by Gasteiger charge is -2.21. The van der Waals surface area contributed by atoms with E-state index in [0.29, 0.717) is 5.54 Å². The van der Waals surface area contributed by atoms with Gasteiger partial charge >= 0.3 is 0 Å². The number of nitriles is 1. The fourth-order valence-electron chi connectivity index (χ4n) is 0.443. The predicted molar refractivity (Wildman–Crippen MR) is 43.0 cm³/mol. The van der Waals surface area contributed by atoms with Crippen LogP contribution in [-0.2, 0) is 0 Å². The normalized spacial score (nSPS) is 14.6. The molecule has 0 amide bonds. The van der Waals surface area contributed by atoms with E-state index in [1.54, 1.807) is 0 Å². The van der Waals surface area contributed by atoms with Gasteiger partial charge in [0.1, 0.15) is 0 Å². The maximum atomic E-state index is 8.37. The van der Waals surface area contributed by atoms with Crippen LogP contribution in [0.4, 0.5) is 0 Å². The highest BCUT2D eigenvalue weighted by Gasteiger charge is 2.21. The highest BCUT2D eigenvalue weighted by atomic mass is 28.3. The molecule has 0 bridgehead atoms. The van der Waals surface area contributed by atoms with E-state index in [0.717, 1.165) is 6.42 Å². The molecule has 0 aliphatic rings. The Kier molecular flexibility index (Phi) is 2.93. The standard InChI is InChI=1S/C7H15NSi/c1-7(5-6-8)9(2,3)4/h7H,5H2,1-4H3/t7-/m1/s1. The summed E-state index contributed by atoms with van der Waals surface area (Å²) >= 11 is 0. The van der Waals surface area contributed by atoms with Crippen LogP contribution in [0, 0.1) is 11.3 Å². The molecule has 0 saturated carbocycles. The highest BCUT2D eigenvalue weighted by Crippen LogP contribution is 2.23. The lowest BCUT2D eigenvalue weighted by atomic mass is 10.4. The molecule has 0 rings (SSSR count).